The van der Waals surface area contributed by atoms with E-state index in [0.29, 0.717) is 28.9 Å². The maximum Gasteiger partial charge on any atom is 0.244 e. The molecule has 2 aromatic heterocycles. The Morgan fingerprint density at radius 1 is 1.19 bits per heavy atom. The predicted molar refractivity (Wildman–Crippen MR) is 118 cm³/mol. The van der Waals surface area contributed by atoms with Crippen molar-refractivity contribution in [1.82, 2.24) is 24.9 Å². The lowest BCUT2D eigenvalue weighted by molar-refractivity contribution is 0.0894. The Kier molecular flexibility index (Phi) is 6.73. The van der Waals surface area contributed by atoms with Gasteiger partial charge in [-0.15, -0.1) is 0 Å². The Hall–Kier alpha value is -2.64. The Labute approximate surface area is 183 Å². The van der Waals surface area contributed by atoms with Crippen molar-refractivity contribution in [3.8, 4) is 11.4 Å². The van der Waals surface area contributed by atoms with Crippen LogP contribution in [0.15, 0.2) is 47.2 Å². The molecule has 4 rings (SSSR count). The zero-order valence-electron chi connectivity index (χ0n) is 18.5. The minimum Gasteiger partial charge on any atom is -0.337 e. The number of pyridine rings is 1. The third-order valence-electron chi connectivity index (χ3n) is 6.44. The monoisotopic (exact) mass is 423 g/mol. The summed E-state index contributed by atoms with van der Waals surface area (Å²) in [6.07, 6.45) is 7.00. The molecule has 1 aromatic carbocycles. The maximum absolute atomic E-state index is 13.9. The molecule has 31 heavy (non-hydrogen) atoms. The second-order valence-corrected chi connectivity index (χ2v) is 8.44. The van der Waals surface area contributed by atoms with Crippen LogP contribution in [0, 0.1) is 12.7 Å². The van der Waals surface area contributed by atoms with Gasteiger partial charge in [0.2, 0.25) is 11.7 Å². The average molecular weight is 424 g/mol. The first-order valence-corrected chi connectivity index (χ1v) is 10.9. The van der Waals surface area contributed by atoms with E-state index in [1.165, 1.54) is 11.6 Å². The Balaban J connectivity index is 1.31. The van der Waals surface area contributed by atoms with Gasteiger partial charge in [0, 0.05) is 30.5 Å². The molecule has 1 saturated heterocycles. The number of piperidine rings is 1. The van der Waals surface area contributed by atoms with E-state index in [1.54, 1.807) is 13.0 Å². The van der Waals surface area contributed by atoms with Crippen molar-refractivity contribution in [1.29, 1.82) is 0 Å². The van der Waals surface area contributed by atoms with Crippen molar-refractivity contribution in [2.75, 3.05) is 26.7 Å². The molecule has 1 fully saturated rings. The van der Waals surface area contributed by atoms with E-state index in [4.69, 9.17) is 4.52 Å². The van der Waals surface area contributed by atoms with Crippen LogP contribution in [0.2, 0.25) is 0 Å². The largest absolute Gasteiger partial charge is 0.337 e. The normalized spacial score (nSPS) is 16.7. The molecule has 1 aliphatic rings. The summed E-state index contributed by atoms with van der Waals surface area (Å²) in [5.74, 6) is 0.739. The molecule has 164 valence electrons. The minimum atomic E-state index is -0.260. The van der Waals surface area contributed by atoms with Crippen LogP contribution in [0.3, 0.4) is 0 Å². The first-order valence-electron chi connectivity index (χ1n) is 10.9. The average Bonchev–Trinajstić information content (AvgIpc) is 3.30. The lowest BCUT2D eigenvalue weighted by Crippen LogP contribution is -2.44. The van der Waals surface area contributed by atoms with E-state index in [0.717, 1.165) is 38.9 Å². The SMILES string of the molecule is Cc1ccc(-c2noc(C(C)N(C)C3CCN(CCc4ccncc4)CC3)n2)cc1F. The summed E-state index contributed by atoms with van der Waals surface area (Å²) in [6.45, 7) is 7.08. The number of aromatic nitrogens is 3. The molecule has 0 aliphatic carbocycles. The van der Waals surface area contributed by atoms with Gasteiger partial charge in [-0.2, -0.15) is 4.98 Å². The van der Waals surface area contributed by atoms with Gasteiger partial charge in [0.25, 0.3) is 0 Å². The number of likely N-dealkylation sites (tertiary alicyclic amines) is 1. The molecule has 0 bridgehead atoms. The summed E-state index contributed by atoms with van der Waals surface area (Å²) in [7, 11) is 2.12. The lowest BCUT2D eigenvalue weighted by atomic mass is 10.0. The Morgan fingerprint density at radius 3 is 2.65 bits per heavy atom. The summed E-state index contributed by atoms with van der Waals surface area (Å²) in [6, 6.07) is 9.67. The highest BCUT2D eigenvalue weighted by Gasteiger charge is 2.28. The molecule has 0 amide bonds. The van der Waals surface area contributed by atoms with Crippen LogP contribution in [0.5, 0.6) is 0 Å². The van der Waals surface area contributed by atoms with Crippen molar-refractivity contribution in [3.05, 3.63) is 65.6 Å². The fraction of sp³-hybridized carbons (Fsp3) is 0.458. The van der Waals surface area contributed by atoms with Crippen molar-refractivity contribution in [2.24, 2.45) is 0 Å². The van der Waals surface area contributed by atoms with E-state index >= 15 is 0 Å². The number of hydrogen-bond donors (Lipinski definition) is 0. The summed E-state index contributed by atoms with van der Waals surface area (Å²) in [4.78, 5) is 13.5. The van der Waals surface area contributed by atoms with Crippen LogP contribution >= 0.6 is 0 Å². The lowest BCUT2D eigenvalue weighted by Gasteiger charge is -2.38. The summed E-state index contributed by atoms with van der Waals surface area (Å²) in [5.41, 5.74) is 2.58. The topological polar surface area (TPSA) is 58.3 Å². The summed E-state index contributed by atoms with van der Waals surface area (Å²) < 4.78 is 19.4. The van der Waals surface area contributed by atoms with Crippen molar-refractivity contribution in [2.45, 2.75) is 45.2 Å². The molecule has 1 aliphatic heterocycles. The van der Waals surface area contributed by atoms with Gasteiger partial charge >= 0.3 is 0 Å². The molecule has 1 unspecified atom stereocenters. The number of benzene rings is 1. The van der Waals surface area contributed by atoms with Gasteiger partial charge in [-0.05, 0) is 82.6 Å². The van der Waals surface area contributed by atoms with Gasteiger partial charge in [0.15, 0.2) is 0 Å². The standard InChI is InChI=1S/C24H30FN5O/c1-17-4-5-20(16-22(17)25)23-27-24(31-28-23)18(2)29(3)21-9-14-30(15-10-21)13-8-19-6-11-26-12-7-19/h4-7,11-12,16,18,21H,8-10,13-15H2,1-3H3. The number of hydrogen-bond acceptors (Lipinski definition) is 6. The first kappa shape index (κ1) is 21.6. The fourth-order valence-electron chi connectivity index (χ4n) is 4.13. The number of rotatable bonds is 7. The molecule has 6 nitrogen and oxygen atoms in total. The molecule has 7 heteroatoms. The molecular weight excluding hydrogens is 393 g/mol. The highest BCUT2D eigenvalue weighted by molar-refractivity contribution is 5.55. The highest BCUT2D eigenvalue weighted by Crippen LogP contribution is 2.27. The molecule has 0 saturated carbocycles. The van der Waals surface area contributed by atoms with Crippen LogP contribution in [0.4, 0.5) is 4.39 Å². The third kappa shape index (κ3) is 5.17. The molecule has 0 radical (unpaired) electrons. The zero-order chi connectivity index (χ0) is 21.8. The summed E-state index contributed by atoms with van der Waals surface area (Å²) in [5, 5.41) is 4.08. The van der Waals surface area contributed by atoms with Gasteiger partial charge in [-0.3, -0.25) is 9.88 Å². The van der Waals surface area contributed by atoms with E-state index in [9.17, 15) is 4.39 Å². The van der Waals surface area contributed by atoms with Gasteiger partial charge < -0.3 is 9.42 Å². The van der Waals surface area contributed by atoms with Crippen LogP contribution in [-0.4, -0.2) is 57.6 Å². The van der Waals surface area contributed by atoms with Gasteiger partial charge in [0.1, 0.15) is 5.82 Å². The second-order valence-electron chi connectivity index (χ2n) is 8.44. The Morgan fingerprint density at radius 2 is 1.94 bits per heavy atom. The van der Waals surface area contributed by atoms with Crippen molar-refractivity contribution in [3.63, 3.8) is 0 Å². The van der Waals surface area contributed by atoms with Crippen LogP contribution in [-0.2, 0) is 6.42 Å². The number of halogens is 1. The molecule has 3 heterocycles. The Bertz CT molecular complexity index is 985. The first-order chi connectivity index (χ1) is 15.0. The predicted octanol–water partition coefficient (Wildman–Crippen LogP) is 4.28. The zero-order valence-corrected chi connectivity index (χ0v) is 18.5. The van der Waals surface area contributed by atoms with E-state index < -0.39 is 0 Å². The van der Waals surface area contributed by atoms with Crippen molar-refractivity contribution >= 4 is 0 Å². The van der Waals surface area contributed by atoms with Gasteiger partial charge in [-0.1, -0.05) is 17.3 Å². The van der Waals surface area contributed by atoms with Crippen LogP contribution in [0.25, 0.3) is 11.4 Å². The molecule has 1 atom stereocenters. The van der Waals surface area contributed by atoms with Gasteiger partial charge in [0.05, 0.1) is 6.04 Å². The van der Waals surface area contributed by atoms with Crippen LogP contribution in [0.1, 0.15) is 42.8 Å². The molecule has 0 spiro atoms. The summed E-state index contributed by atoms with van der Waals surface area (Å²) >= 11 is 0. The van der Waals surface area contributed by atoms with E-state index in [1.807, 2.05) is 18.5 Å². The van der Waals surface area contributed by atoms with Crippen LogP contribution < -0.4 is 0 Å². The number of aryl methyl sites for hydroxylation is 1. The van der Waals surface area contributed by atoms with E-state index in [-0.39, 0.29) is 11.9 Å². The van der Waals surface area contributed by atoms with Gasteiger partial charge in [-0.25, -0.2) is 4.39 Å². The fourth-order valence-corrected chi connectivity index (χ4v) is 4.13. The quantitative estimate of drug-likeness (QED) is 0.565. The minimum absolute atomic E-state index is 0.00455. The molecule has 0 N–H and O–H groups in total. The maximum atomic E-state index is 13.9. The highest BCUT2D eigenvalue weighted by atomic mass is 19.1. The van der Waals surface area contributed by atoms with Crippen molar-refractivity contribution < 1.29 is 8.91 Å². The van der Waals surface area contributed by atoms with E-state index in [2.05, 4.69) is 51.0 Å². The number of nitrogens with zero attached hydrogens (tertiary/aromatic N) is 5. The third-order valence-corrected chi connectivity index (χ3v) is 6.44. The smallest absolute Gasteiger partial charge is 0.244 e. The second kappa shape index (κ2) is 9.66. The molecule has 3 aromatic rings. The molecular formula is C24H30FN5O.